The van der Waals surface area contributed by atoms with Crippen molar-refractivity contribution in [1.82, 2.24) is 20.1 Å². The molecule has 0 aromatic carbocycles. The molecule has 0 radical (unpaired) electrons. The second-order valence-corrected chi connectivity index (χ2v) is 8.60. The third-order valence-corrected chi connectivity index (χ3v) is 6.43. The Labute approximate surface area is 172 Å². The first-order chi connectivity index (χ1) is 14.1. The first-order valence-electron chi connectivity index (χ1n) is 10.9. The summed E-state index contributed by atoms with van der Waals surface area (Å²) in [5.74, 6) is 0.889. The number of nitrogens with one attached hydrogen (secondary N) is 1. The summed E-state index contributed by atoms with van der Waals surface area (Å²) in [6.07, 6.45) is 6.85. The van der Waals surface area contributed by atoms with Crippen molar-refractivity contribution in [3.63, 3.8) is 0 Å². The lowest BCUT2D eigenvalue weighted by Gasteiger charge is -2.33. The third kappa shape index (κ3) is 5.14. The molecule has 0 spiro atoms. The minimum absolute atomic E-state index is 0.109. The van der Waals surface area contributed by atoms with Crippen LogP contribution < -0.4 is 5.32 Å². The molecule has 7 heteroatoms. The van der Waals surface area contributed by atoms with E-state index in [2.05, 4.69) is 15.2 Å². The van der Waals surface area contributed by atoms with Gasteiger partial charge in [0.15, 0.2) is 0 Å². The molecule has 1 aromatic heterocycles. The summed E-state index contributed by atoms with van der Waals surface area (Å²) >= 11 is 0. The van der Waals surface area contributed by atoms with Gasteiger partial charge in [-0.25, -0.2) is 0 Å². The number of aromatic nitrogens is 1. The number of aryl methyl sites for hydroxylation is 1. The Hall–Kier alpha value is -1.99. The number of pyridine rings is 1. The minimum Gasteiger partial charge on any atom is -0.378 e. The van der Waals surface area contributed by atoms with Crippen LogP contribution in [-0.4, -0.2) is 78.1 Å². The smallest absolute Gasteiger partial charge is 0.270 e. The Kier molecular flexibility index (Phi) is 6.45. The molecule has 3 aliphatic rings. The van der Waals surface area contributed by atoms with Crippen LogP contribution in [0.4, 0.5) is 0 Å². The number of hydrogen-bond acceptors (Lipinski definition) is 5. The lowest BCUT2D eigenvalue weighted by molar-refractivity contribution is -0.136. The van der Waals surface area contributed by atoms with Crippen LogP contribution in [0.15, 0.2) is 18.3 Å². The van der Waals surface area contributed by atoms with Gasteiger partial charge in [0.05, 0.1) is 13.2 Å². The van der Waals surface area contributed by atoms with E-state index in [9.17, 15) is 9.59 Å². The predicted octanol–water partition coefficient (Wildman–Crippen LogP) is 1.61. The van der Waals surface area contributed by atoms with E-state index in [0.717, 1.165) is 30.9 Å². The number of ether oxygens (including phenoxy) is 1. The number of nitrogens with zero attached hydrogens (tertiary/aromatic N) is 3. The van der Waals surface area contributed by atoms with E-state index in [1.54, 1.807) is 6.20 Å². The highest BCUT2D eigenvalue weighted by Crippen LogP contribution is 2.35. The van der Waals surface area contributed by atoms with Gasteiger partial charge < -0.3 is 15.0 Å². The third-order valence-electron chi connectivity index (χ3n) is 6.43. The number of carbonyl (C=O) groups is 2. The van der Waals surface area contributed by atoms with Crippen molar-refractivity contribution in [3.05, 3.63) is 29.6 Å². The molecule has 2 saturated heterocycles. The molecule has 0 bridgehead atoms. The zero-order valence-corrected chi connectivity index (χ0v) is 17.3. The van der Waals surface area contributed by atoms with Crippen LogP contribution in [0.1, 0.15) is 48.2 Å². The molecular formula is C22H32N4O3. The average Bonchev–Trinajstić information content (AvgIpc) is 3.49. The van der Waals surface area contributed by atoms with Gasteiger partial charge >= 0.3 is 0 Å². The lowest BCUT2D eigenvalue weighted by Crippen LogP contribution is -2.47. The number of morpholine rings is 1. The maximum Gasteiger partial charge on any atom is 0.270 e. The van der Waals surface area contributed by atoms with Gasteiger partial charge in [-0.2, -0.15) is 0 Å². The molecule has 1 saturated carbocycles. The molecule has 2 amide bonds. The maximum absolute atomic E-state index is 12.8. The quantitative estimate of drug-likeness (QED) is 0.753. The number of hydrogen-bond donors (Lipinski definition) is 1. The molecule has 3 heterocycles. The second-order valence-electron chi connectivity index (χ2n) is 8.60. The first-order valence-corrected chi connectivity index (χ1v) is 10.9. The molecule has 1 N–H and O–H groups in total. The van der Waals surface area contributed by atoms with E-state index in [-0.39, 0.29) is 17.9 Å². The van der Waals surface area contributed by atoms with Gasteiger partial charge in [-0.15, -0.1) is 0 Å². The van der Waals surface area contributed by atoms with Crippen LogP contribution in [0.5, 0.6) is 0 Å². The van der Waals surface area contributed by atoms with E-state index in [0.29, 0.717) is 51.0 Å². The standard InChI is InChI=1S/C22H32N4O3/c1-16-3-2-8-23-21(16)22(28)24-14-19-7-6-18(26(19)15-17-4-5-17)13-20(27)25-9-11-29-12-10-25/h2-3,8,17-19H,4-7,9-15H2,1H3,(H,24,28)/t18-,19+/m1/s1. The summed E-state index contributed by atoms with van der Waals surface area (Å²) in [6.45, 7) is 6.26. The van der Waals surface area contributed by atoms with E-state index < -0.39 is 0 Å². The monoisotopic (exact) mass is 400 g/mol. The first kappa shape index (κ1) is 20.3. The van der Waals surface area contributed by atoms with Crippen molar-refractivity contribution in [2.75, 3.05) is 39.4 Å². The molecular weight excluding hydrogens is 368 g/mol. The number of amides is 2. The van der Waals surface area contributed by atoms with Crippen molar-refractivity contribution in [1.29, 1.82) is 0 Å². The average molecular weight is 401 g/mol. The molecule has 2 atom stereocenters. The zero-order valence-electron chi connectivity index (χ0n) is 17.3. The van der Waals surface area contributed by atoms with Crippen LogP contribution >= 0.6 is 0 Å². The molecule has 7 nitrogen and oxygen atoms in total. The van der Waals surface area contributed by atoms with Gasteiger partial charge in [0.25, 0.3) is 5.91 Å². The number of rotatable bonds is 7. The topological polar surface area (TPSA) is 74.8 Å². The molecule has 1 aliphatic carbocycles. The van der Waals surface area contributed by atoms with E-state index in [1.165, 1.54) is 12.8 Å². The summed E-state index contributed by atoms with van der Waals surface area (Å²) in [4.78, 5) is 34.0. The van der Waals surface area contributed by atoms with Crippen molar-refractivity contribution < 1.29 is 14.3 Å². The molecule has 2 aliphatic heterocycles. The highest BCUT2D eigenvalue weighted by atomic mass is 16.5. The summed E-state index contributed by atoms with van der Waals surface area (Å²) in [7, 11) is 0. The van der Waals surface area contributed by atoms with E-state index in [1.807, 2.05) is 24.0 Å². The SMILES string of the molecule is Cc1cccnc1C(=O)NC[C@@H]1CC[C@H](CC(=O)N2CCOCC2)N1CC1CC1. The number of likely N-dealkylation sites (tertiary alicyclic amines) is 1. The lowest BCUT2D eigenvalue weighted by atomic mass is 10.1. The zero-order chi connectivity index (χ0) is 20.2. The molecule has 29 heavy (non-hydrogen) atoms. The van der Waals surface area contributed by atoms with Crippen LogP contribution in [0.25, 0.3) is 0 Å². The predicted molar refractivity (Wildman–Crippen MR) is 110 cm³/mol. The molecule has 158 valence electrons. The summed E-state index contributed by atoms with van der Waals surface area (Å²) in [6, 6.07) is 4.33. The largest absolute Gasteiger partial charge is 0.378 e. The van der Waals surface area contributed by atoms with Gasteiger partial charge in [-0.3, -0.25) is 19.5 Å². The van der Waals surface area contributed by atoms with Crippen molar-refractivity contribution >= 4 is 11.8 Å². The fraction of sp³-hybridized carbons (Fsp3) is 0.682. The molecule has 4 rings (SSSR count). The molecule has 1 aromatic rings. The van der Waals surface area contributed by atoms with Crippen molar-refractivity contribution in [3.8, 4) is 0 Å². The summed E-state index contributed by atoms with van der Waals surface area (Å²) in [5, 5.41) is 3.09. The Bertz CT molecular complexity index is 731. The van der Waals surface area contributed by atoms with E-state index in [4.69, 9.17) is 4.74 Å². The normalized spacial score (nSPS) is 25.2. The van der Waals surface area contributed by atoms with Crippen LogP contribution in [0, 0.1) is 12.8 Å². The Morgan fingerprint density at radius 1 is 1.17 bits per heavy atom. The second kappa shape index (κ2) is 9.22. The molecule has 3 fully saturated rings. The fourth-order valence-corrected chi connectivity index (χ4v) is 4.51. The summed E-state index contributed by atoms with van der Waals surface area (Å²) < 4.78 is 5.37. The minimum atomic E-state index is -0.109. The maximum atomic E-state index is 12.8. The number of carbonyl (C=O) groups excluding carboxylic acids is 2. The van der Waals surface area contributed by atoms with Gasteiger partial charge in [0.2, 0.25) is 5.91 Å². The highest BCUT2D eigenvalue weighted by molar-refractivity contribution is 5.93. The van der Waals surface area contributed by atoms with E-state index >= 15 is 0 Å². The van der Waals surface area contributed by atoms with Crippen LogP contribution in [0.3, 0.4) is 0 Å². The van der Waals surface area contributed by atoms with Gasteiger partial charge in [-0.05, 0) is 50.2 Å². The van der Waals surface area contributed by atoms with Crippen molar-refractivity contribution in [2.45, 2.75) is 51.1 Å². The Balaban J connectivity index is 1.34. The van der Waals surface area contributed by atoms with Gasteiger partial charge in [-0.1, -0.05) is 6.07 Å². The fourth-order valence-electron chi connectivity index (χ4n) is 4.51. The van der Waals surface area contributed by atoms with Gasteiger partial charge in [0.1, 0.15) is 5.69 Å². The Morgan fingerprint density at radius 3 is 2.66 bits per heavy atom. The van der Waals surface area contributed by atoms with Crippen molar-refractivity contribution in [2.24, 2.45) is 5.92 Å². The molecule has 0 unspecified atom stereocenters. The van der Waals surface area contributed by atoms with Gasteiger partial charge in [0, 0.05) is 50.9 Å². The van der Waals surface area contributed by atoms with Crippen LogP contribution in [-0.2, 0) is 9.53 Å². The highest BCUT2D eigenvalue weighted by Gasteiger charge is 2.38. The van der Waals surface area contributed by atoms with Crippen LogP contribution in [0.2, 0.25) is 0 Å². The Morgan fingerprint density at radius 2 is 1.93 bits per heavy atom. The summed E-state index contributed by atoms with van der Waals surface area (Å²) in [5.41, 5.74) is 1.39.